The van der Waals surface area contributed by atoms with Gasteiger partial charge < -0.3 is 10.4 Å². The molecule has 1 aliphatic rings. The number of rotatable bonds is 0. The van der Waals surface area contributed by atoms with E-state index in [1.54, 1.807) is 0 Å². The third-order valence-corrected chi connectivity index (χ3v) is 1.77. The summed E-state index contributed by atoms with van der Waals surface area (Å²) in [4.78, 5) is 0. The largest absolute Gasteiger partial charge is 0.387 e. The molecule has 1 heterocycles. The van der Waals surface area contributed by atoms with Crippen LogP contribution < -0.4 is 5.32 Å². The highest BCUT2D eigenvalue weighted by atomic mass is 19.2. The van der Waals surface area contributed by atoms with Crippen molar-refractivity contribution in [2.75, 3.05) is 13.1 Å². The van der Waals surface area contributed by atoms with Gasteiger partial charge in [0.15, 0.2) is 0 Å². The Kier molecular flexibility index (Phi) is 1.92. The van der Waals surface area contributed by atoms with Crippen molar-refractivity contribution in [1.29, 1.82) is 0 Å². The van der Waals surface area contributed by atoms with Crippen LogP contribution in [0.4, 0.5) is 8.78 Å². The molecular formula is C6H11F2NO. The normalized spacial score (nSPS) is 49.2. The van der Waals surface area contributed by atoms with E-state index in [1.807, 2.05) is 0 Å². The summed E-state index contributed by atoms with van der Waals surface area (Å²) in [5, 5.41) is 11.5. The third-order valence-electron chi connectivity index (χ3n) is 1.77. The molecule has 10 heavy (non-hydrogen) atoms. The molecule has 4 heteroatoms. The molecule has 0 amide bonds. The summed E-state index contributed by atoms with van der Waals surface area (Å²) in [5.41, 5.74) is -1.82. The van der Waals surface area contributed by atoms with Gasteiger partial charge >= 0.3 is 0 Å². The lowest BCUT2D eigenvalue weighted by molar-refractivity contribution is -0.0627. The first kappa shape index (κ1) is 7.88. The van der Waals surface area contributed by atoms with Gasteiger partial charge in [0.25, 0.3) is 0 Å². The van der Waals surface area contributed by atoms with Crippen molar-refractivity contribution in [2.45, 2.75) is 24.9 Å². The first-order chi connectivity index (χ1) is 4.54. The summed E-state index contributed by atoms with van der Waals surface area (Å²) in [6.07, 6.45) is -2.96. The fraction of sp³-hybridized carbons (Fsp3) is 1.00. The van der Waals surface area contributed by atoms with Gasteiger partial charge in [0.2, 0.25) is 0 Å². The third kappa shape index (κ3) is 1.27. The van der Waals surface area contributed by atoms with Crippen molar-refractivity contribution in [3.8, 4) is 0 Å². The standard InChI is InChI=1S/C6H11F2NO/c1-6(8)3-9-2-4(7)5(6)10/h4-5,9-10H,2-3H2,1H3. The molecule has 0 aromatic heterocycles. The first-order valence-corrected chi connectivity index (χ1v) is 3.26. The second-order valence-corrected chi connectivity index (χ2v) is 2.87. The molecule has 3 unspecified atom stereocenters. The van der Waals surface area contributed by atoms with Crippen LogP contribution in [0, 0.1) is 0 Å². The average Bonchev–Trinajstić information content (AvgIpc) is 1.83. The lowest BCUT2D eigenvalue weighted by atomic mass is 9.94. The second-order valence-electron chi connectivity index (χ2n) is 2.87. The molecule has 60 valence electrons. The van der Waals surface area contributed by atoms with Crippen LogP contribution in [-0.2, 0) is 0 Å². The molecule has 0 spiro atoms. The number of nitrogens with one attached hydrogen (secondary N) is 1. The molecule has 0 radical (unpaired) electrons. The number of piperidine rings is 1. The van der Waals surface area contributed by atoms with Gasteiger partial charge in [-0.1, -0.05) is 0 Å². The highest BCUT2D eigenvalue weighted by Gasteiger charge is 2.41. The zero-order chi connectivity index (χ0) is 7.78. The van der Waals surface area contributed by atoms with Crippen molar-refractivity contribution >= 4 is 0 Å². The quantitative estimate of drug-likeness (QED) is 0.511. The monoisotopic (exact) mass is 151 g/mol. The van der Waals surface area contributed by atoms with Crippen LogP contribution in [0.1, 0.15) is 6.92 Å². The summed E-state index contributed by atoms with van der Waals surface area (Å²) in [6.45, 7) is 1.26. The maximum absolute atomic E-state index is 13.0. The Bertz CT molecular complexity index is 129. The Morgan fingerprint density at radius 1 is 1.70 bits per heavy atom. The molecular weight excluding hydrogens is 140 g/mol. The van der Waals surface area contributed by atoms with Gasteiger partial charge in [-0.2, -0.15) is 0 Å². The van der Waals surface area contributed by atoms with Gasteiger partial charge in [-0.15, -0.1) is 0 Å². The number of hydrogen-bond donors (Lipinski definition) is 2. The van der Waals surface area contributed by atoms with Crippen LogP contribution >= 0.6 is 0 Å². The Labute approximate surface area is 58.2 Å². The van der Waals surface area contributed by atoms with E-state index in [9.17, 15) is 8.78 Å². The lowest BCUT2D eigenvalue weighted by Crippen LogP contribution is -2.57. The van der Waals surface area contributed by atoms with Crippen molar-refractivity contribution in [3.05, 3.63) is 0 Å². The first-order valence-electron chi connectivity index (χ1n) is 3.26. The molecule has 0 bridgehead atoms. The van der Waals surface area contributed by atoms with Crippen LogP contribution in [-0.4, -0.2) is 36.1 Å². The molecule has 0 saturated carbocycles. The zero-order valence-corrected chi connectivity index (χ0v) is 5.77. The van der Waals surface area contributed by atoms with Crippen molar-refractivity contribution < 1.29 is 13.9 Å². The number of hydrogen-bond acceptors (Lipinski definition) is 2. The topological polar surface area (TPSA) is 32.3 Å². The van der Waals surface area contributed by atoms with E-state index in [0.29, 0.717) is 0 Å². The Balaban J connectivity index is 2.60. The molecule has 1 fully saturated rings. The Morgan fingerprint density at radius 3 is 2.70 bits per heavy atom. The van der Waals surface area contributed by atoms with Crippen molar-refractivity contribution in [1.82, 2.24) is 5.32 Å². The molecule has 1 rings (SSSR count). The van der Waals surface area contributed by atoms with Gasteiger partial charge in [-0.25, -0.2) is 8.78 Å². The van der Waals surface area contributed by atoms with E-state index >= 15 is 0 Å². The van der Waals surface area contributed by atoms with Gasteiger partial charge in [-0.3, -0.25) is 0 Å². The minimum Gasteiger partial charge on any atom is -0.387 e. The Hall–Kier alpha value is -0.220. The number of halogens is 2. The van der Waals surface area contributed by atoms with Gasteiger partial charge in [0.05, 0.1) is 0 Å². The molecule has 2 nitrogen and oxygen atoms in total. The summed E-state index contributed by atoms with van der Waals surface area (Å²) in [7, 11) is 0. The van der Waals surface area contributed by atoms with E-state index < -0.39 is 17.9 Å². The van der Waals surface area contributed by atoms with E-state index in [0.717, 1.165) is 0 Å². The molecule has 2 N–H and O–H groups in total. The number of aliphatic hydroxyl groups excluding tert-OH is 1. The van der Waals surface area contributed by atoms with Gasteiger partial charge in [0.1, 0.15) is 17.9 Å². The average molecular weight is 151 g/mol. The minimum absolute atomic E-state index is 0.0224. The van der Waals surface area contributed by atoms with E-state index in [2.05, 4.69) is 5.32 Å². The summed E-state index contributed by atoms with van der Waals surface area (Å²) < 4.78 is 25.5. The van der Waals surface area contributed by atoms with Gasteiger partial charge in [-0.05, 0) is 6.92 Å². The Morgan fingerprint density at radius 2 is 2.30 bits per heavy atom. The molecule has 1 aliphatic heterocycles. The molecule has 3 atom stereocenters. The fourth-order valence-corrected chi connectivity index (χ4v) is 1.05. The molecule has 0 aromatic carbocycles. The van der Waals surface area contributed by atoms with Crippen LogP contribution in [0.25, 0.3) is 0 Å². The van der Waals surface area contributed by atoms with Crippen LogP contribution in [0.15, 0.2) is 0 Å². The van der Waals surface area contributed by atoms with E-state index in [-0.39, 0.29) is 13.1 Å². The van der Waals surface area contributed by atoms with Gasteiger partial charge in [0, 0.05) is 13.1 Å². The highest BCUT2D eigenvalue weighted by molar-refractivity contribution is 4.94. The van der Waals surface area contributed by atoms with Crippen LogP contribution in [0.2, 0.25) is 0 Å². The van der Waals surface area contributed by atoms with Crippen LogP contribution in [0.5, 0.6) is 0 Å². The van der Waals surface area contributed by atoms with Crippen molar-refractivity contribution in [3.63, 3.8) is 0 Å². The smallest absolute Gasteiger partial charge is 0.149 e. The van der Waals surface area contributed by atoms with E-state index in [4.69, 9.17) is 5.11 Å². The van der Waals surface area contributed by atoms with E-state index in [1.165, 1.54) is 6.92 Å². The SMILES string of the molecule is CC1(F)CNCC(F)C1O. The van der Waals surface area contributed by atoms with Crippen molar-refractivity contribution in [2.24, 2.45) is 0 Å². The lowest BCUT2D eigenvalue weighted by Gasteiger charge is -2.33. The highest BCUT2D eigenvalue weighted by Crippen LogP contribution is 2.22. The molecule has 1 saturated heterocycles. The predicted octanol–water partition coefficient (Wildman–Crippen LogP) is 0.0168. The number of aliphatic hydroxyl groups is 1. The second kappa shape index (κ2) is 2.43. The summed E-state index contributed by atoms with van der Waals surface area (Å²) >= 11 is 0. The fourth-order valence-electron chi connectivity index (χ4n) is 1.05. The number of alkyl halides is 2. The maximum atomic E-state index is 13.0. The summed E-state index contributed by atoms with van der Waals surface area (Å²) in [6, 6.07) is 0. The zero-order valence-electron chi connectivity index (χ0n) is 5.77. The minimum atomic E-state index is -1.82. The van der Waals surface area contributed by atoms with Crippen LogP contribution in [0.3, 0.4) is 0 Å². The molecule has 0 aliphatic carbocycles. The predicted molar refractivity (Wildman–Crippen MR) is 33.3 cm³/mol. The maximum Gasteiger partial charge on any atom is 0.149 e. The summed E-state index contributed by atoms with van der Waals surface area (Å²) in [5.74, 6) is 0. The molecule has 0 aromatic rings.